The molecule has 2 fully saturated rings. The summed E-state index contributed by atoms with van der Waals surface area (Å²) in [6, 6.07) is 15.2. The molecule has 1 N–H and O–H groups in total. The normalized spacial score (nSPS) is 18.3. The summed E-state index contributed by atoms with van der Waals surface area (Å²) in [5.41, 5.74) is 4.42. The summed E-state index contributed by atoms with van der Waals surface area (Å²) < 4.78 is 12.2. The molecule has 0 bridgehead atoms. The second-order valence-corrected chi connectivity index (χ2v) is 10.1. The predicted octanol–water partition coefficient (Wildman–Crippen LogP) is 3.17. The number of terminal acetylenes is 1. The van der Waals surface area contributed by atoms with Crippen LogP contribution in [0.2, 0.25) is 0 Å². The standard InChI is InChI=1S/C30H30N8O3/c1-3-20-7-4-8-21(15-20)24-16-25(34-30(33-24)32-23-12-14-41-19-23)26-18-37(36-35-26)17-22-9-5-11-28(31-22)38-13-6-10-27(38)29(39)40-2/h1,4-5,7-9,11,15-16,18,23,27H,6,10,12-14,17,19H2,2H3,(H,32,33,34)/t23?,27-/m1/s1. The number of pyridine rings is 1. The molecule has 208 valence electrons. The highest BCUT2D eigenvalue weighted by atomic mass is 16.5. The van der Waals surface area contributed by atoms with Gasteiger partial charge in [0.05, 0.1) is 49.6 Å². The summed E-state index contributed by atoms with van der Waals surface area (Å²) in [5, 5.41) is 12.1. The molecule has 0 amide bonds. The van der Waals surface area contributed by atoms with Crippen LogP contribution in [0.1, 0.15) is 30.5 Å². The number of esters is 1. The smallest absolute Gasteiger partial charge is 0.328 e. The van der Waals surface area contributed by atoms with Crippen molar-refractivity contribution in [2.45, 2.75) is 37.9 Å². The van der Waals surface area contributed by atoms with Gasteiger partial charge in [-0.1, -0.05) is 29.3 Å². The Kier molecular flexibility index (Phi) is 7.56. The van der Waals surface area contributed by atoms with E-state index in [0.717, 1.165) is 54.1 Å². The van der Waals surface area contributed by atoms with Crippen molar-refractivity contribution in [1.82, 2.24) is 29.9 Å². The molecule has 0 spiro atoms. The van der Waals surface area contributed by atoms with Gasteiger partial charge in [-0.05, 0) is 49.6 Å². The zero-order valence-corrected chi connectivity index (χ0v) is 22.7. The topological polar surface area (TPSA) is 120 Å². The third-order valence-corrected chi connectivity index (χ3v) is 7.25. The molecule has 0 aliphatic carbocycles. The van der Waals surface area contributed by atoms with Crippen LogP contribution in [-0.2, 0) is 20.8 Å². The van der Waals surface area contributed by atoms with Crippen molar-refractivity contribution < 1.29 is 14.3 Å². The number of benzene rings is 1. The van der Waals surface area contributed by atoms with E-state index in [1.54, 1.807) is 4.68 Å². The lowest BCUT2D eigenvalue weighted by molar-refractivity contribution is -0.141. The van der Waals surface area contributed by atoms with E-state index in [1.165, 1.54) is 7.11 Å². The third-order valence-electron chi connectivity index (χ3n) is 7.25. The van der Waals surface area contributed by atoms with Gasteiger partial charge in [0, 0.05) is 24.3 Å². The molecule has 11 nitrogen and oxygen atoms in total. The zero-order chi connectivity index (χ0) is 28.2. The van der Waals surface area contributed by atoms with E-state index < -0.39 is 0 Å². The first-order valence-corrected chi connectivity index (χ1v) is 13.6. The van der Waals surface area contributed by atoms with E-state index in [0.29, 0.717) is 37.1 Å². The lowest BCUT2D eigenvalue weighted by Gasteiger charge is -2.24. The summed E-state index contributed by atoms with van der Waals surface area (Å²) in [7, 11) is 1.42. The van der Waals surface area contributed by atoms with Crippen LogP contribution in [0, 0.1) is 12.3 Å². The number of hydrogen-bond acceptors (Lipinski definition) is 10. The van der Waals surface area contributed by atoms with E-state index in [9.17, 15) is 4.79 Å². The van der Waals surface area contributed by atoms with Gasteiger partial charge in [-0.3, -0.25) is 0 Å². The summed E-state index contributed by atoms with van der Waals surface area (Å²) in [6.45, 7) is 2.48. The average molecular weight is 551 g/mol. The number of rotatable bonds is 8. The molecule has 0 saturated carbocycles. The Bertz CT molecular complexity index is 1590. The van der Waals surface area contributed by atoms with Gasteiger partial charge < -0.3 is 19.7 Å². The summed E-state index contributed by atoms with van der Waals surface area (Å²) >= 11 is 0. The van der Waals surface area contributed by atoms with Crippen molar-refractivity contribution in [1.29, 1.82) is 0 Å². The maximum Gasteiger partial charge on any atom is 0.328 e. The van der Waals surface area contributed by atoms with Gasteiger partial charge in [-0.2, -0.15) is 0 Å². The second kappa shape index (κ2) is 11.7. The average Bonchev–Trinajstić information content (AvgIpc) is 3.80. The van der Waals surface area contributed by atoms with Crippen LogP contribution in [0.4, 0.5) is 11.8 Å². The maximum atomic E-state index is 12.2. The van der Waals surface area contributed by atoms with Crippen molar-refractivity contribution in [2.75, 3.05) is 37.1 Å². The fraction of sp³-hybridized carbons (Fsp3) is 0.333. The van der Waals surface area contributed by atoms with Crippen LogP contribution in [0.5, 0.6) is 0 Å². The van der Waals surface area contributed by atoms with Gasteiger partial charge in [0.1, 0.15) is 17.6 Å². The molecular weight excluding hydrogens is 520 g/mol. The van der Waals surface area contributed by atoms with E-state index >= 15 is 0 Å². The molecule has 2 atom stereocenters. The van der Waals surface area contributed by atoms with Crippen LogP contribution in [-0.4, -0.2) is 74.9 Å². The van der Waals surface area contributed by atoms with Crippen molar-refractivity contribution in [3.05, 3.63) is 66.0 Å². The van der Waals surface area contributed by atoms with E-state index in [4.69, 9.17) is 30.8 Å². The first-order chi connectivity index (χ1) is 20.1. The lowest BCUT2D eigenvalue weighted by Crippen LogP contribution is -2.37. The highest BCUT2D eigenvalue weighted by Crippen LogP contribution is 2.27. The third kappa shape index (κ3) is 5.88. The van der Waals surface area contributed by atoms with Crippen LogP contribution >= 0.6 is 0 Å². The molecule has 11 heteroatoms. The van der Waals surface area contributed by atoms with Crippen molar-refractivity contribution in [2.24, 2.45) is 0 Å². The molecule has 1 unspecified atom stereocenters. The minimum Gasteiger partial charge on any atom is -0.467 e. The van der Waals surface area contributed by atoms with Gasteiger partial charge in [0.25, 0.3) is 0 Å². The quantitative estimate of drug-likeness (QED) is 0.259. The van der Waals surface area contributed by atoms with Gasteiger partial charge in [-0.15, -0.1) is 11.5 Å². The summed E-state index contributed by atoms with van der Waals surface area (Å²) in [6.07, 6.45) is 10.0. The monoisotopic (exact) mass is 550 g/mol. The van der Waals surface area contributed by atoms with E-state index in [2.05, 4.69) is 21.5 Å². The molecule has 6 rings (SSSR count). The number of nitrogens with zero attached hydrogens (tertiary/aromatic N) is 7. The molecular formula is C30H30N8O3. The Balaban J connectivity index is 1.26. The molecule has 2 saturated heterocycles. The lowest BCUT2D eigenvalue weighted by atomic mass is 10.1. The van der Waals surface area contributed by atoms with Gasteiger partial charge in [-0.25, -0.2) is 24.4 Å². The molecule has 3 aromatic heterocycles. The van der Waals surface area contributed by atoms with Crippen molar-refractivity contribution >= 4 is 17.7 Å². The molecule has 2 aliphatic heterocycles. The van der Waals surface area contributed by atoms with Crippen LogP contribution < -0.4 is 10.2 Å². The Morgan fingerprint density at radius 2 is 2.00 bits per heavy atom. The SMILES string of the molecule is C#Cc1cccc(-c2cc(-c3cn(Cc4cccc(N5CCC[C@@H]5C(=O)OC)n4)nn3)nc(NC3CCOC3)n2)c1. The van der Waals surface area contributed by atoms with Gasteiger partial charge in [0.2, 0.25) is 5.95 Å². The first kappa shape index (κ1) is 26.4. The fourth-order valence-electron chi connectivity index (χ4n) is 5.19. The van der Waals surface area contributed by atoms with Crippen LogP contribution in [0.3, 0.4) is 0 Å². The molecule has 2 aliphatic rings. The number of carbonyl (C=O) groups excluding carboxylic acids is 1. The minimum absolute atomic E-state index is 0.138. The Labute approximate surface area is 237 Å². The van der Waals surface area contributed by atoms with Crippen LogP contribution in [0.25, 0.3) is 22.6 Å². The first-order valence-electron chi connectivity index (χ1n) is 13.6. The zero-order valence-electron chi connectivity index (χ0n) is 22.7. The molecule has 41 heavy (non-hydrogen) atoms. The van der Waals surface area contributed by atoms with Crippen molar-refractivity contribution in [3.63, 3.8) is 0 Å². The van der Waals surface area contributed by atoms with Crippen LogP contribution in [0.15, 0.2) is 54.7 Å². The van der Waals surface area contributed by atoms with Gasteiger partial charge in [0.15, 0.2) is 0 Å². The summed E-state index contributed by atoms with van der Waals surface area (Å²) in [4.78, 5) is 28.6. The van der Waals surface area contributed by atoms with E-state index in [-0.39, 0.29) is 18.1 Å². The minimum atomic E-state index is -0.312. The Hall–Kier alpha value is -4.82. The highest BCUT2D eigenvalue weighted by Gasteiger charge is 2.32. The summed E-state index contributed by atoms with van der Waals surface area (Å²) in [5.74, 6) is 3.69. The van der Waals surface area contributed by atoms with Gasteiger partial charge >= 0.3 is 5.97 Å². The molecule has 0 radical (unpaired) electrons. The highest BCUT2D eigenvalue weighted by molar-refractivity contribution is 5.80. The number of hydrogen-bond donors (Lipinski definition) is 1. The number of ether oxygens (including phenoxy) is 2. The van der Waals surface area contributed by atoms with E-state index in [1.807, 2.05) is 59.6 Å². The number of methoxy groups -OCH3 is 1. The maximum absolute atomic E-state index is 12.2. The Morgan fingerprint density at radius 3 is 2.83 bits per heavy atom. The molecule has 4 aromatic rings. The number of aromatic nitrogens is 6. The number of anilines is 2. The van der Waals surface area contributed by atoms with Crippen molar-refractivity contribution in [3.8, 4) is 35.0 Å². The number of carbonyl (C=O) groups is 1. The second-order valence-electron chi connectivity index (χ2n) is 10.1. The largest absolute Gasteiger partial charge is 0.467 e. The Morgan fingerprint density at radius 1 is 1.12 bits per heavy atom. The molecule has 1 aromatic carbocycles. The number of nitrogens with one attached hydrogen (secondary N) is 1. The predicted molar refractivity (Wildman–Crippen MR) is 153 cm³/mol. The fourth-order valence-corrected chi connectivity index (χ4v) is 5.19. The molecule has 5 heterocycles.